The van der Waals surface area contributed by atoms with Crippen LogP contribution < -0.4 is 5.32 Å². The van der Waals surface area contributed by atoms with Gasteiger partial charge in [0, 0.05) is 38.8 Å². The molecule has 0 bridgehead atoms. The van der Waals surface area contributed by atoms with Gasteiger partial charge in [-0.1, -0.05) is 6.92 Å². The lowest BCUT2D eigenvalue weighted by Crippen LogP contribution is -2.46. The summed E-state index contributed by atoms with van der Waals surface area (Å²) in [7, 11) is 0. The zero-order valence-electron chi connectivity index (χ0n) is 10.7. The smallest absolute Gasteiger partial charge is 0.168 e. The van der Waals surface area contributed by atoms with Crippen molar-refractivity contribution in [2.45, 2.75) is 25.8 Å². The van der Waals surface area contributed by atoms with Crippen molar-refractivity contribution in [1.29, 1.82) is 0 Å². The van der Waals surface area contributed by atoms with Crippen molar-refractivity contribution in [2.24, 2.45) is 0 Å². The topological polar surface area (TPSA) is 27.7 Å². The van der Waals surface area contributed by atoms with Gasteiger partial charge in [-0.15, -0.1) is 0 Å². The number of thiocarbonyl (C=S) groups is 1. The van der Waals surface area contributed by atoms with Gasteiger partial charge in [0.15, 0.2) is 5.11 Å². The van der Waals surface area contributed by atoms with Gasteiger partial charge in [-0.05, 0) is 25.1 Å². The molecule has 1 atom stereocenters. The van der Waals surface area contributed by atoms with Gasteiger partial charge in [0.2, 0.25) is 0 Å². The van der Waals surface area contributed by atoms with E-state index in [9.17, 15) is 0 Å². The van der Waals surface area contributed by atoms with Crippen LogP contribution in [0.2, 0.25) is 0 Å². The van der Waals surface area contributed by atoms with Gasteiger partial charge in [0.1, 0.15) is 0 Å². The van der Waals surface area contributed by atoms with Crippen LogP contribution in [-0.4, -0.2) is 66.9 Å². The predicted octanol–water partition coefficient (Wildman–Crippen LogP) is 0.677. The van der Waals surface area contributed by atoms with Crippen LogP contribution in [0, 0.1) is 0 Å². The second kappa shape index (κ2) is 6.52. The minimum Gasteiger partial charge on any atom is -0.379 e. The number of ether oxygens (including phenoxy) is 1. The summed E-state index contributed by atoms with van der Waals surface area (Å²) in [6, 6.07) is 0.667. The van der Waals surface area contributed by atoms with Gasteiger partial charge >= 0.3 is 0 Å². The number of rotatable bonds is 3. The van der Waals surface area contributed by atoms with Crippen molar-refractivity contribution in [3.63, 3.8) is 0 Å². The fraction of sp³-hybridized carbons (Fsp3) is 0.917. The van der Waals surface area contributed by atoms with Crippen LogP contribution in [0.3, 0.4) is 0 Å². The summed E-state index contributed by atoms with van der Waals surface area (Å²) in [5, 5.41) is 4.24. The molecule has 0 aliphatic carbocycles. The normalized spacial score (nSPS) is 26.2. The monoisotopic (exact) mass is 257 g/mol. The Hall–Kier alpha value is -0.390. The lowest BCUT2D eigenvalue weighted by Gasteiger charge is -2.32. The lowest BCUT2D eigenvalue weighted by atomic mass is 10.2. The third-order valence-electron chi connectivity index (χ3n) is 3.54. The lowest BCUT2D eigenvalue weighted by molar-refractivity contribution is 0.0195. The number of morpholine rings is 1. The molecule has 2 fully saturated rings. The summed E-state index contributed by atoms with van der Waals surface area (Å²) in [6.45, 7) is 9.24. The molecule has 17 heavy (non-hydrogen) atoms. The van der Waals surface area contributed by atoms with Gasteiger partial charge in [-0.3, -0.25) is 4.90 Å². The Bertz CT molecular complexity index is 256. The third kappa shape index (κ3) is 3.53. The van der Waals surface area contributed by atoms with Crippen LogP contribution in [0.1, 0.15) is 19.8 Å². The van der Waals surface area contributed by atoms with Crippen LogP contribution >= 0.6 is 12.2 Å². The molecule has 2 saturated heterocycles. The Morgan fingerprint density at radius 1 is 1.35 bits per heavy atom. The number of nitrogens with one attached hydrogen (secondary N) is 1. The number of nitrogens with zero attached hydrogens (tertiary/aromatic N) is 2. The minimum atomic E-state index is 0.667. The van der Waals surface area contributed by atoms with E-state index in [0.29, 0.717) is 6.04 Å². The van der Waals surface area contributed by atoms with Gasteiger partial charge in [0.05, 0.1) is 13.2 Å². The quantitative estimate of drug-likeness (QED) is 0.751. The van der Waals surface area contributed by atoms with E-state index in [1.165, 1.54) is 6.42 Å². The molecule has 1 unspecified atom stereocenters. The minimum absolute atomic E-state index is 0.667. The summed E-state index contributed by atoms with van der Waals surface area (Å²) >= 11 is 5.41. The van der Waals surface area contributed by atoms with Crippen LogP contribution in [0.25, 0.3) is 0 Å². The standard InChI is InChI=1S/C12H23N3OS/c1-2-4-13-12(17)15-5-3-11(10-15)14-6-8-16-9-7-14/h11H,2-10H2,1H3,(H,13,17). The number of likely N-dealkylation sites (tertiary alicyclic amines) is 1. The Balaban J connectivity index is 1.76. The molecule has 0 aromatic heterocycles. The van der Waals surface area contributed by atoms with Crippen molar-refractivity contribution in [1.82, 2.24) is 15.1 Å². The molecule has 1 N–H and O–H groups in total. The van der Waals surface area contributed by atoms with Gasteiger partial charge in [-0.25, -0.2) is 0 Å². The maximum absolute atomic E-state index is 5.41. The first-order valence-corrected chi connectivity index (χ1v) is 7.06. The highest BCUT2D eigenvalue weighted by Gasteiger charge is 2.29. The van der Waals surface area contributed by atoms with Gasteiger partial charge in [-0.2, -0.15) is 0 Å². The van der Waals surface area contributed by atoms with Crippen LogP contribution in [0.15, 0.2) is 0 Å². The van der Waals surface area contributed by atoms with E-state index in [2.05, 4.69) is 22.0 Å². The molecule has 0 spiro atoms. The molecule has 0 saturated carbocycles. The molecule has 0 aromatic carbocycles. The average Bonchev–Trinajstić information content (AvgIpc) is 2.86. The molecule has 98 valence electrons. The Morgan fingerprint density at radius 3 is 2.82 bits per heavy atom. The summed E-state index contributed by atoms with van der Waals surface area (Å²) in [5.74, 6) is 0. The summed E-state index contributed by atoms with van der Waals surface area (Å²) in [4.78, 5) is 4.86. The molecule has 5 heteroatoms. The zero-order chi connectivity index (χ0) is 12.1. The second-order valence-corrected chi connectivity index (χ2v) is 5.16. The maximum Gasteiger partial charge on any atom is 0.168 e. The molecule has 4 nitrogen and oxygen atoms in total. The highest BCUT2D eigenvalue weighted by molar-refractivity contribution is 7.80. The first-order valence-electron chi connectivity index (χ1n) is 6.66. The molecule has 0 aromatic rings. The fourth-order valence-electron chi connectivity index (χ4n) is 2.51. The molecule has 2 rings (SSSR count). The molecular weight excluding hydrogens is 234 g/mol. The van der Waals surface area contributed by atoms with Crippen LogP contribution in [0.4, 0.5) is 0 Å². The van der Waals surface area contributed by atoms with E-state index in [4.69, 9.17) is 17.0 Å². The maximum atomic E-state index is 5.41. The number of hydrogen-bond acceptors (Lipinski definition) is 3. The summed E-state index contributed by atoms with van der Waals surface area (Å²) in [5.41, 5.74) is 0. The SMILES string of the molecule is CCCNC(=S)N1CCC(N2CCOCC2)C1. The van der Waals surface area contributed by atoms with Crippen molar-refractivity contribution in [3.05, 3.63) is 0 Å². The first-order chi connectivity index (χ1) is 8.31. The molecule has 0 amide bonds. The van der Waals surface area contributed by atoms with E-state index in [0.717, 1.165) is 57.5 Å². The predicted molar refractivity (Wildman–Crippen MR) is 73.3 cm³/mol. The van der Waals surface area contributed by atoms with Crippen LogP contribution in [0.5, 0.6) is 0 Å². The summed E-state index contributed by atoms with van der Waals surface area (Å²) in [6.07, 6.45) is 2.36. The zero-order valence-corrected chi connectivity index (χ0v) is 11.5. The van der Waals surface area contributed by atoms with Crippen molar-refractivity contribution < 1.29 is 4.74 Å². The molecule has 2 heterocycles. The van der Waals surface area contributed by atoms with E-state index >= 15 is 0 Å². The van der Waals surface area contributed by atoms with E-state index in [1.807, 2.05) is 0 Å². The van der Waals surface area contributed by atoms with E-state index in [-0.39, 0.29) is 0 Å². The highest BCUT2D eigenvalue weighted by Crippen LogP contribution is 2.16. The van der Waals surface area contributed by atoms with Crippen molar-refractivity contribution in [2.75, 3.05) is 45.9 Å². The Kier molecular flexibility index (Phi) is 5.00. The van der Waals surface area contributed by atoms with E-state index < -0.39 is 0 Å². The third-order valence-corrected chi connectivity index (χ3v) is 3.94. The van der Waals surface area contributed by atoms with Gasteiger partial charge in [0.25, 0.3) is 0 Å². The van der Waals surface area contributed by atoms with Crippen LogP contribution in [-0.2, 0) is 4.74 Å². The molecule has 2 aliphatic rings. The van der Waals surface area contributed by atoms with Gasteiger partial charge < -0.3 is 15.0 Å². The Labute approximate surface area is 109 Å². The average molecular weight is 257 g/mol. The molecule has 2 aliphatic heterocycles. The van der Waals surface area contributed by atoms with Crippen molar-refractivity contribution >= 4 is 17.3 Å². The highest BCUT2D eigenvalue weighted by atomic mass is 32.1. The Morgan fingerprint density at radius 2 is 2.12 bits per heavy atom. The fourth-order valence-corrected chi connectivity index (χ4v) is 2.78. The second-order valence-electron chi connectivity index (χ2n) is 4.77. The largest absolute Gasteiger partial charge is 0.379 e. The van der Waals surface area contributed by atoms with E-state index in [1.54, 1.807) is 0 Å². The molecule has 0 radical (unpaired) electrons. The van der Waals surface area contributed by atoms with Crippen molar-refractivity contribution in [3.8, 4) is 0 Å². The summed E-state index contributed by atoms with van der Waals surface area (Å²) < 4.78 is 5.39. The first kappa shape index (κ1) is 13.1. The number of hydrogen-bond donors (Lipinski definition) is 1. The molecular formula is C12H23N3OS.